The van der Waals surface area contributed by atoms with Crippen LogP contribution in [0.2, 0.25) is 0 Å². The summed E-state index contributed by atoms with van der Waals surface area (Å²) < 4.78 is 4.86. The molecule has 1 saturated heterocycles. The lowest BCUT2D eigenvalue weighted by atomic mass is 10.2. The standard InChI is InChI=1S/C13H25N3O3/c1-10(12(17)14-6-9-19-3)15-11(2)13(18)16-7-4-5-8-16/h10-11,15H,4-9H2,1-3H3,(H,14,17). The maximum atomic E-state index is 12.1. The summed E-state index contributed by atoms with van der Waals surface area (Å²) in [6, 6.07) is -0.723. The molecule has 2 N–H and O–H groups in total. The van der Waals surface area contributed by atoms with Crippen molar-refractivity contribution in [1.29, 1.82) is 0 Å². The molecule has 0 spiro atoms. The van der Waals surface area contributed by atoms with Crippen LogP contribution < -0.4 is 10.6 Å². The summed E-state index contributed by atoms with van der Waals surface area (Å²) in [6.45, 7) is 6.20. The predicted octanol–water partition coefficient (Wildman–Crippen LogP) is -0.262. The molecule has 6 nitrogen and oxygen atoms in total. The van der Waals surface area contributed by atoms with Crippen molar-refractivity contribution in [2.75, 3.05) is 33.4 Å². The van der Waals surface area contributed by atoms with Crippen LogP contribution in [0.25, 0.3) is 0 Å². The molecular weight excluding hydrogens is 246 g/mol. The predicted molar refractivity (Wildman–Crippen MR) is 72.8 cm³/mol. The van der Waals surface area contributed by atoms with Crippen molar-refractivity contribution in [1.82, 2.24) is 15.5 Å². The van der Waals surface area contributed by atoms with Crippen LogP contribution >= 0.6 is 0 Å². The third-order valence-electron chi connectivity index (χ3n) is 3.29. The number of carbonyl (C=O) groups excluding carboxylic acids is 2. The van der Waals surface area contributed by atoms with Gasteiger partial charge in [-0.3, -0.25) is 14.9 Å². The van der Waals surface area contributed by atoms with Crippen LogP contribution in [0.15, 0.2) is 0 Å². The lowest BCUT2D eigenvalue weighted by Gasteiger charge is -2.23. The van der Waals surface area contributed by atoms with Gasteiger partial charge in [0.05, 0.1) is 18.7 Å². The van der Waals surface area contributed by atoms with Crippen molar-refractivity contribution in [2.45, 2.75) is 38.8 Å². The number of nitrogens with zero attached hydrogens (tertiary/aromatic N) is 1. The maximum absolute atomic E-state index is 12.1. The summed E-state index contributed by atoms with van der Waals surface area (Å²) in [5, 5.41) is 5.78. The number of hydrogen-bond donors (Lipinski definition) is 2. The number of carbonyl (C=O) groups is 2. The van der Waals surface area contributed by atoms with E-state index in [4.69, 9.17) is 4.74 Å². The van der Waals surface area contributed by atoms with Gasteiger partial charge in [0, 0.05) is 26.7 Å². The summed E-state index contributed by atoms with van der Waals surface area (Å²) in [5.41, 5.74) is 0. The molecule has 1 aliphatic heterocycles. The minimum absolute atomic E-state index is 0.0778. The van der Waals surface area contributed by atoms with Gasteiger partial charge >= 0.3 is 0 Å². The third-order valence-corrected chi connectivity index (χ3v) is 3.29. The molecular formula is C13H25N3O3. The Kier molecular flexibility index (Phi) is 6.80. The molecule has 1 rings (SSSR count). The Morgan fingerprint density at radius 3 is 2.42 bits per heavy atom. The molecule has 0 bridgehead atoms. The van der Waals surface area contributed by atoms with Crippen LogP contribution in [-0.4, -0.2) is 62.1 Å². The first-order chi connectivity index (χ1) is 9.06. The fourth-order valence-corrected chi connectivity index (χ4v) is 2.16. The first kappa shape index (κ1) is 15.9. The number of hydrogen-bond acceptors (Lipinski definition) is 4. The molecule has 0 aliphatic carbocycles. The lowest BCUT2D eigenvalue weighted by molar-refractivity contribution is -0.132. The Morgan fingerprint density at radius 2 is 1.84 bits per heavy atom. The molecule has 2 unspecified atom stereocenters. The van der Waals surface area contributed by atoms with Crippen molar-refractivity contribution in [3.05, 3.63) is 0 Å². The molecule has 2 amide bonds. The SMILES string of the molecule is COCCNC(=O)C(C)NC(C)C(=O)N1CCCC1. The van der Waals surface area contributed by atoms with E-state index in [1.165, 1.54) is 0 Å². The van der Waals surface area contributed by atoms with E-state index in [-0.39, 0.29) is 17.9 Å². The van der Waals surface area contributed by atoms with Crippen LogP contribution in [0.1, 0.15) is 26.7 Å². The minimum Gasteiger partial charge on any atom is -0.383 e. The highest BCUT2D eigenvalue weighted by atomic mass is 16.5. The number of nitrogens with one attached hydrogen (secondary N) is 2. The first-order valence-corrected chi connectivity index (χ1v) is 6.87. The van der Waals surface area contributed by atoms with Crippen molar-refractivity contribution < 1.29 is 14.3 Å². The zero-order valence-corrected chi connectivity index (χ0v) is 12.1. The highest BCUT2D eigenvalue weighted by molar-refractivity contribution is 5.85. The highest BCUT2D eigenvalue weighted by Crippen LogP contribution is 2.09. The molecule has 0 aromatic heterocycles. The van der Waals surface area contributed by atoms with Crippen LogP contribution in [0, 0.1) is 0 Å². The van der Waals surface area contributed by atoms with E-state index in [0.29, 0.717) is 13.2 Å². The second-order valence-corrected chi connectivity index (χ2v) is 4.93. The third kappa shape index (κ3) is 5.16. The van der Waals surface area contributed by atoms with Crippen LogP contribution in [0.5, 0.6) is 0 Å². The summed E-state index contributed by atoms with van der Waals surface area (Å²) in [6.07, 6.45) is 2.15. The molecule has 0 radical (unpaired) electrons. The van der Waals surface area contributed by atoms with E-state index >= 15 is 0 Å². The normalized spacial score (nSPS) is 18.2. The fourth-order valence-electron chi connectivity index (χ4n) is 2.16. The lowest BCUT2D eigenvalue weighted by Crippen LogP contribution is -2.51. The van der Waals surface area contributed by atoms with Gasteiger partial charge in [0.15, 0.2) is 0 Å². The summed E-state index contributed by atoms with van der Waals surface area (Å²) in [5.74, 6) is -0.0350. The quantitative estimate of drug-likeness (QED) is 0.626. The van der Waals surface area contributed by atoms with Gasteiger partial charge < -0.3 is 15.0 Å². The zero-order valence-electron chi connectivity index (χ0n) is 12.1. The second kappa shape index (κ2) is 8.12. The molecule has 1 heterocycles. The Morgan fingerprint density at radius 1 is 1.21 bits per heavy atom. The largest absolute Gasteiger partial charge is 0.383 e. The number of likely N-dealkylation sites (tertiary alicyclic amines) is 1. The molecule has 2 atom stereocenters. The number of ether oxygens (including phenoxy) is 1. The van der Waals surface area contributed by atoms with Gasteiger partial charge in [0.1, 0.15) is 0 Å². The monoisotopic (exact) mass is 271 g/mol. The zero-order chi connectivity index (χ0) is 14.3. The molecule has 110 valence electrons. The van der Waals surface area contributed by atoms with Crippen LogP contribution in [0.4, 0.5) is 0 Å². The molecule has 0 saturated carbocycles. The minimum atomic E-state index is -0.390. The van der Waals surface area contributed by atoms with E-state index in [1.807, 2.05) is 4.90 Å². The number of amides is 2. The van der Waals surface area contributed by atoms with Crippen molar-refractivity contribution in [3.8, 4) is 0 Å². The molecule has 0 aromatic rings. The van der Waals surface area contributed by atoms with Crippen molar-refractivity contribution in [3.63, 3.8) is 0 Å². The summed E-state index contributed by atoms with van der Waals surface area (Å²) in [7, 11) is 1.59. The van der Waals surface area contributed by atoms with E-state index in [9.17, 15) is 9.59 Å². The van der Waals surface area contributed by atoms with Crippen LogP contribution in [0.3, 0.4) is 0 Å². The van der Waals surface area contributed by atoms with Gasteiger partial charge in [-0.15, -0.1) is 0 Å². The van der Waals surface area contributed by atoms with Gasteiger partial charge in [0.2, 0.25) is 11.8 Å². The van der Waals surface area contributed by atoms with E-state index in [1.54, 1.807) is 21.0 Å². The molecule has 6 heteroatoms. The topological polar surface area (TPSA) is 70.7 Å². The Balaban J connectivity index is 2.31. The van der Waals surface area contributed by atoms with Crippen LogP contribution in [-0.2, 0) is 14.3 Å². The van der Waals surface area contributed by atoms with E-state index in [0.717, 1.165) is 25.9 Å². The molecule has 1 aliphatic rings. The van der Waals surface area contributed by atoms with Gasteiger partial charge in [-0.25, -0.2) is 0 Å². The number of rotatable bonds is 7. The molecule has 0 aromatic carbocycles. The van der Waals surface area contributed by atoms with Crippen molar-refractivity contribution >= 4 is 11.8 Å². The Labute approximate surface area is 114 Å². The Hall–Kier alpha value is -1.14. The van der Waals surface area contributed by atoms with Gasteiger partial charge in [-0.05, 0) is 26.7 Å². The van der Waals surface area contributed by atoms with Gasteiger partial charge in [-0.2, -0.15) is 0 Å². The van der Waals surface area contributed by atoms with Gasteiger partial charge in [-0.1, -0.05) is 0 Å². The highest BCUT2D eigenvalue weighted by Gasteiger charge is 2.25. The maximum Gasteiger partial charge on any atom is 0.239 e. The molecule has 1 fully saturated rings. The summed E-state index contributed by atoms with van der Waals surface area (Å²) in [4.78, 5) is 25.7. The van der Waals surface area contributed by atoms with E-state index < -0.39 is 6.04 Å². The average molecular weight is 271 g/mol. The molecule has 19 heavy (non-hydrogen) atoms. The second-order valence-electron chi connectivity index (χ2n) is 4.93. The summed E-state index contributed by atoms with van der Waals surface area (Å²) >= 11 is 0. The van der Waals surface area contributed by atoms with E-state index in [2.05, 4.69) is 10.6 Å². The first-order valence-electron chi connectivity index (χ1n) is 6.87. The smallest absolute Gasteiger partial charge is 0.239 e. The van der Waals surface area contributed by atoms with Crippen molar-refractivity contribution in [2.24, 2.45) is 0 Å². The average Bonchev–Trinajstić information content (AvgIpc) is 2.91. The number of methoxy groups -OCH3 is 1. The fraction of sp³-hybridized carbons (Fsp3) is 0.846. The van der Waals surface area contributed by atoms with Gasteiger partial charge in [0.25, 0.3) is 0 Å². The Bertz CT molecular complexity index is 304.